The minimum absolute atomic E-state index is 0.123. The van der Waals surface area contributed by atoms with Gasteiger partial charge in [0, 0.05) is 5.69 Å². The summed E-state index contributed by atoms with van der Waals surface area (Å²) in [5.74, 6) is 0.190. The lowest BCUT2D eigenvalue weighted by molar-refractivity contribution is 1.06. The molecule has 0 saturated carbocycles. The number of nitriles is 2. The molecule has 5 heteroatoms. The molecule has 18 heavy (non-hydrogen) atoms. The van der Waals surface area contributed by atoms with Crippen LogP contribution in [0.3, 0.4) is 0 Å². The maximum absolute atomic E-state index is 9.13. The van der Waals surface area contributed by atoms with Gasteiger partial charge in [0.05, 0.1) is 5.69 Å². The zero-order valence-corrected chi connectivity index (χ0v) is 9.81. The monoisotopic (exact) mass is 237 g/mol. The Balaban J connectivity index is 2.76. The summed E-state index contributed by atoms with van der Waals surface area (Å²) in [6, 6.07) is 11.4. The molecule has 0 amide bonds. The van der Waals surface area contributed by atoms with E-state index in [1.54, 1.807) is 0 Å². The van der Waals surface area contributed by atoms with Gasteiger partial charge in [0.2, 0.25) is 0 Å². The molecule has 1 aromatic heterocycles. The first-order valence-electron chi connectivity index (χ1n) is 5.27. The van der Waals surface area contributed by atoms with Crippen molar-refractivity contribution in [3.05, 3.63) is 41.1 Å². The highest BCUT2D eigenvalue weighted by molar-refractivity contribution is 5.75. The van der Waals surface area contributed by atoms with Crippen LogP contribution < -0.4 is 11.5 Å². The summed E-state index contributed by atoms with van der Waals surface area (Å²) in [6.45, 7) is 1.96. The van der Waals surface area contributed by atoms with Crippen LogP contribution in [0.5, 0.6) is 0 Å². The number of rotatable bonds is 1. The van der Waals surface area contributed by atoms with Crippen LogP contribution in [-0.4, -0.2) is 4.57 Å². The van der Waals surface area contributed by atoms with E-state index in [9.17, 15) is 0 Å². The third kappa shape index (κ3) is 1.55. The fourth-order valence-electron chi connectivity index (χ4n) is 1.80. The average Bonchev–Trinajstić information content (AvgIpc) is 2.61. The Morgan fingerprint density at radius 1 is 1.06 bits per heavy atom. The summed E-state index contributed by atoms with van der Waals surface area (Å²) >= 11 is 0. The Labute approximate surface area is 104 Å². The van der Waals surface area contributed by atoms with Crippen molar-refractivity contribution in [3.63, 3.8) is 0 Å². The number of aryl methyl sites for hydroxylation is 1. The normalized spacial score (nSPS) is 9.72. The number of anilines is 2. The number of nitrogen functional groups attached to an aromatic ring is 2. The second kappa shape index (κ2) is 4.15. The van der Waals surface area contributed by atoms with Crippen LogP contribution in [-0.2, 0) is 0 Å². The number of aromatic nitrogens is 1. The van der Waals surface area contributed by atoms with Crippen molar-refractivity contribution in [2.45, 2.75) is 6.92 Å². The van der Waals surface area contributed by atoms with Gasteiger partial charge in [0.15, 0.2) is 5.69 Å². The van der Waals surface area contributed by atoms with Gasteiger partial charge in [-0.25, -0.2) is 0 Å². The number of hydrogen-bond acceptors (Lipinski definition) is 4. The largest absolute Gasteiger partial charge is 0.395 e. The van der Waals surface area contributed by atoms with Gasteiger partial charge in [-0.15, -0.1) is 0 Å². The van der Waals surface area contributed by atoms with Crippen LogP contribution >= 0.6 is 0 Å². The van der Waals surface area contributed by atoms with Crippen molar-refractivity contribution in [3.8, 4) is 17.8 Å². The molecule has 1 heterocycles. The minimum atomic E-state index is 0.123. The molecule has 0 radical (unpaired) electrons. The van der Waals surface area contributed by atoms with Gasteiger partial charge in [0.25, 0.3) is 0 Å². The maximum Gasteiger partial charge on any atom is 0.151 e. The van der Waals surface area contributed by atoms with Gasteiger partial charge < -0.3 is 11.5 Å². The summed E-state index contributed by atoms with van der Waals surface area (Å²) in [5, 5.41) is 18.1. The molecule has 1 aromatic carbocycles. The Morgan fingerprint density at radius 2 is 1.67 bits per heavy atom. The van der Waals surface area contributed by atoms with Crippen LogP contribution in [0.1, 0.15) is 16.8 Å². The zero-order valence-electron chi connectivity index (χ0n) is 9.81. The smallest absolute Gasteiger partial charge is 0.151 e. The van der Waals surface area contributed by atoms with E-state index in [4.69, 9.17) is 22.0 Å². The fourth-order valence-corrected chi connectivity index (χ4v) is 1.80. The first-order chi connectivity index (χ1) is 8.60. The van der Waals surface area contributed by atoms with E-state index in [2.05, 4.69) is 0 Å². The molecule has 0 saturated heterocycles. The molecule has 0 bridgehead atoms. The second-order valence-electron chi connectivity index (χ2n) is 3.92. The highest BCUT2D eigenvalue weighted by atomic mass is 15.1. The van der Waals surface area contributed by atoms with Crippen LogP contribution in [0.2, 0.25) is 0 Å². The van der Waals surface area contributed by atoms with Gasteiger partial charge in [-0.1, -0.05) is 17.7 Å². The summed E-state index contributed by atoms with van der Waals surface area (Å²) in [4.78, 5) is 0. The van der Waals surface area contributed by atoms with E-state index in [-0.39, 0.29) is 22.8 Å². The van der Waals surface area contributed by atoms with E-state index in [0.717, 1.165) is 5.56 Å². The quantitative estimate of drug-likeness (QED) is 0.787. The molecule has 88 valence electrons. The first-order valence-corrected chi connectivity index (χ1v) is 5.27. The van der Waals surface area contributed by atoms with Crippen molar-refractivity contribution in [1.82, 2.24) is 4.57 Å². The van der Waals surface area contributed by atoms with E-state index >= 15 is 0 Å². The zero-order chi connectivity index (χ0) is 13.3. The SMILES string of the molecule is Cc1ccc(-n2c(N)c(C#N)c(N)c2C#N)cc1. The maximum atomic E-state index is 9.13. The van der Waals surface area contributed by atoms with Gasteiger partial charge in [-0.2, -0.15) is 10.5 Å². The van der Waals surface area contributed by atoms with Crippen molar-refractivity contribution >= 4 is 11.5 Å². The molecular weight excluding hydrogens is 226 g/mol. The van der Waals surface area contributed by atoms with Gasteiger partial charge in [-0.3, -0.25) is 4.57 Å². The lowest BCUT2D eigenvalue weighted by Crippen LogP contribution is -2.03. The van der Waals surface area contributed by atoms with Crippen LogP contribution in [0.25, 0.3) is 5.69 Å². The third-order valence-corrected chi connectivity index (χ3v) is 2.75. The summed E-state index contributed by atoms with van der Waals surface area (Å²) in [6.07, 6.45) is 0. The molecule has 0 aliphatic heterocycles. The molecule has 2 aromatic rings. The minimum Gasteiger partial charge on any atom is -0.395 e. The van der Waals surface area contributed by atoms with E-state index < -0.39 is 0 Å². The predicted molar refractivity (Wildman–Crippen MR) is 68.8 cm³/mol. The number of nitrogens with zero attached hydrogens (tertiary/aromatic N) is 3. The highest BCUT2D eigenvalue weighted by Crippen LogP contribution is 2.30. The summed E-state index contributed by atoms with van der Waals surface area (Å²) in [5.41, 5.74) is 13.9. The average molecular weight is 237 g/mol. The van der Waals surface area contributed by atoms with E-state index in [1.165, 1.54) is 4.57 Å². The van der Waals surface area contributed by atoms with Crippen LogP contribution in [0, 0.1) is 29.6 Å². The summed E-state index contributed by atoms with van der Waals surface area (Å²) < 4.78 is 1.49. The molecule has 2 rings (SSSR count). The Bertz CT molecular complexity index is 680. The molecule has 0 aliphatic carbocycles. The van der Waals surface area contributed by atoms with Crippen molar-refractivity contribution in [2.75, 3.05) is 11.5 Å². The van der Waals surface area contributed by atoms with Gasteiger partial charge in [0.1, 0.15) is 23.5 Å². The van der Waals surface area contributed by atoms with Crippen LogP contribution in [0.15, 0.2) is 24.3 Å². The molecule has 5 nitrogen and oxygen atoms in total. The second-order valence-corrected chi connectivity index (χ2v) is 3.92. The molecule has 0 aliphatic rings. The standard InChI is InChI=1S/C13H11N5/c1-8-2-4-9(5-3-8)18-11(7-15)12(16)10(6-14)13(18)17/h2-5H,16-17H2,1H3. The van der Waals surface area contributed by atoms with Gasteiger partial charge >= 0.3 is 0 Å². The number of nitrogens with two attached hydrogens (primary N) is 2. The van der Waals surface area contributed by atoms with Crippen molar-refractivity contribution < 1.29 is 0 Å². The molecule has 0 fully saturated rings. The lowest BCUT2D eigenvalue weighted by Gasteiger charge is -2.07. The van der Waals surface area contributed by atoms with E-state index in [0.29, 0.717) is 5.69 Å². The first kappa shape index (κ1) is 11.6. The Morgan fingerprint density at radius 3 is 2.17 bits per heavy atom. The van der Waals surface area contributed by atoms with Gasteiger partial charge in [-0.05, 0) is 19.1 Å². The third-order valence-electron chi connectivity index (χ3n) is 2.75. The number of benzene rings is 1. The van der Waals surface area contributed by atoms with Crippen molar-refractivity contribution in [2.24, 2.45) is 0 Å². The molecule has 0 atom stereocenters. The Kier molecular flexibility index (Phi) is 2.67. The van der Waals surface area contributed by atoms with Crippen LogP contribution in [0.4, 0.5) is 11.5 Å². The molecule has 0 spiro atoms. The molecule has 0 unspecified atom stereocenters. The fraction of sp³-hybridized carbons (Fsp3) is 0.0769. The predicted octanol–water partition coefficient (Wildman–Crippen LogP) is 1.69. The molecule has 4 N–H and O–H groups in total. The molecular formula is C13H11N5. The lowest BCUT2D eigenvalue weighted by atomic mass is 10.2. The summed E-state index contributed by atoms with van der Waals surface area (Å²) in [7, 11) is 0. The van der Waals surface area contributed by atoms with E-state index in [1.807, 2.05) is 43.3 Å². The highest BCUT2D eigenvalue weighted by Gasteiger charge is 2.19. The number of hydrogen-bond donors (Lipinski definition) is 2. The topological polar surface area (TPSA) is 105 Å². The van der Waals surface area contributed by atoms with Crippen molar-refractivity contribution in [1.29, 1.82) is 10.5 Å². The Hall–Kier alpha value is -2.92.